The van der Waals surface area contributed by atoms with Crippen LogP contribution < -0.4 is 11.1 Å². The number of likely N-dealkylation sites (tertiary alicyclic amines) is 1. The van der Waals surface area contributed by atoms with Gasteiger partial charge in [0.15, 0.2) is 0 Å². The second-order valence-electron chi connectivity index (χ2n) is 5.07. The molecule has 0 aliphatic carbocycles. The Hall–Kier alpha value is -0.980. The zero-order chi connectivity index (χ0) is 13.7. The molecule has 5 nitrogen and oxygen atoms in total. The second kappa shape index (κ2) is 6.98. The molecule has 2 heterocycles. The van der Waals surface area contributed by atoms with Gasteiger partial charge in [0.1, 0.15) is 10.7 Å². The highest BCUT2D eigenvalue weighted by atomic mass is 32.1. The number of nitrogens with one attached hydrogen (secondary N) is 1. The molecule has 2 rings (SSSR count). The maximum atomic E-state index is 12.0. The van der Waals surface area contributed by atoms with Gasteiger partial charge in [-0.3, -0.25) is 4.79 Å². The predicted molar refractivity (Wildman–Crippen MR) is 77.2 cm³/mol. The van der Waals surface area contributed by atoms with Gasteiger partial charge in [0.25, 0.3) is 5.91 Å². The summed E-state index contributed by atoms with van der Waals surface area (Å²) in [6.07, 6.45) is 3.87. The minimum atomic E-state index is -0.0968. The molecule has 1 saturated heterocycles. The number of carbonyl (C=O) groups excluding carboxylic acids is 1. The summed E-state index contributed by atoms with van der Waals surface area (Å²) in [6, 6.07) is 0.147. The Kier molecular flexibility index (Phi) is 5.30. The van der Waals surface area contributed by atoms with E-state index in [1.54, 1.807) is 5.38 Å². The highest BCUT2D eigenvalue weighted by Gasteiger charge is 2.17. The topological polar surface area (TPSA) is 71.2 Å². The van der Waals surface area contributed by atoms with E-state index < -0.39 is 0 Å². The standard InChI is InChI=1S/C13H22N4OS/c1-10(8-17-5-3-2-4-6-17)15-13(18)11-9-19-12(7-14)16-11/h9-10H,2-8,14H2,1H3,(H,15,18). The van der Waals surface area contributed by atoms with Crippen molar-refractivity contribution in [3.8, 4) is 0 Å². The molecule has 0 spiro atoms. The molecular weight excluding hydrogens is 260 g/mol. The number of thiazole rings is 1. The highest BCUT2D eigenvalue weighted by Crippen LogP contribution is 2.10. The molecule has 19 heavy (non-hydrogen) atoms. The molecule has 106 valence electrons. The number of rotatable bonds is 5. The molecule has 0 aromatic carbocycles. The lowest BCUT2D eigenvalue weighted by atomic mass is 10.1. The molecule has 1 aliphatic heterocycles. The molecule has 1 fully saturated rings. The summed E-state index contributed by atoms with van der Waals surface area (Å²) in [7, 11) is 0. The molecule has 0 saturated carbocycles. The number of piperidine rings is 1. The van der Waals surface area contributed by atoms with Crippen molar-refractivity contribution in [3.05, 3.63) is 16.1 Å². The summed E-state index contributed by atoms with van der Waals surface area (Å²) in [5.41, 5.74) is 5.98. The Morgan fingerprint density at radius 2 is 2.26 bits per heavy atom. The van der Waals surface area contributed by atoms with E-state index >= 15 is 0 Å². The van der Waals surface area contributed by atoms with Gasteiger partial charge in [-0.25, -0.2) is 4.98 Å². The molecular formula is C13H22N4OS. The molecule has 1 aliphatic rings. The smallest absolute Gasteiger partial charge is 0.271 e. The van der Waals surface area contributed by atoms with E-state index in [1.807, 2.05) is 6.92 Å². The molecule has 6 heteroatoms. The van der Waals surface area contributed by atoms with Crippen molar-refractivity contribution in [3.63, 3.8) is 0 Å². The van der Waals surface area contributed by atoms with Crippen LogP contribution in [0, 0.1) is 0 Å². The van der Waals surface area contributed by atoms with Crippen molar-refractivity contribution < 1.29 is 4.79 Å². The monoisotopic (exact) mass is 282 g/mol. The van der Waals surface area contributed by atoms with E-state index in [-0.39, 0.29) is 11.9 Å². The molecule has 0 radical (unpaired) electrons. The van der Waals surface area contributed by atoms with Gasteiger partial charge >= 0.3 is 0 Å². The van der Waals surface area contributed by atoms with Crippen molar-refractivity contribution in [1.82, 2.24) is 15.2 Å². The summed E-state index contributed by atoms with van der Waals surface area (Å²) in [5.74, 6) is -0.0968. The van der Waals surface area contributed by atoms with E-state index in [2.05, 4.69) is 15.2 Å². The normalized spacial score (nSPS) is 18.2. The second-order valence-corrected chi connectivity index (χ2v) is 6.01. The SMILES string of the molecule is CC(CN1CCCCC1)NC(=O)c1csc(CN)n1. The van der Waals surface area contributed by atoms with Gasteiger partial charge in [-0.2, -0.15) is 0 Å². The Labute approximate surface area is 118 Å². The fourth-order valence-corrected chi connectivity index (χ4v) is 3.04. The number of carbonyl (C=O) groups is 1. The zero-order valence-corrected chi connectivity index (χ0v) is 12.2. The first kappa shape index (κ1) is 14.4. The van der Waals surface area contributed by atoms with Gasteiger partial charge in [-0.05, 0) is 32.9 Å². The van der Waals surface area contributed by atoms with E-state index in [4.69, 9.17) is 5.73 Å². The van der Waals surface area contributed by atoms with E-state index in [1.165, 1.54) is 30.6 Å². The summed E-state index contributed by atoms with van der Waals surface area (Å²) in [4.78, 5) is 18.6. The average molecular weight is 282 g/mol. The lowest BCUT2D eigenvalue weighted by Crippen LogP contribution is -2.43. The van der Waals surface area contributed by atoms with Crippen LogP contribution in [0.15, 0.2) is 5.38 Å². The average Bonchev–Trinajstić information content (AvgIpc) is 2.88. The fourth-order valence-electron chi connectivity index (χ4n) is 2.38. The van der Waals surface area contributed by atoms with Crippen LogP contribution in [0.25, 0.3) is 0 Å². The van der Waals surface area contributed by atoms with Crippen molar-refractivity contribution in [2.24, 2.45) is 5.73 Å². The van der Waals surface area contributed by atoms with E-state index in [9.17, 15) is 4.79 Å². The minimum Gasteiger partial charge on any atom is -0.347 e. The molecule has 1 amide bonds. The van der Waals surface area contributed by atoms with Crippen molar-refractivity contribution in [1.29, 1.82) is 0 Å². The summed E-state index contributed by atoms with van der Waals surface area (Å²) >= 11 is 1.43. The first-order valence-corrected chi connectivity index (χ1v) is 7.74. The first-order chi connectivity index (χ1) is 9.19. The fraction of sp³-hybridized carbons (Fsp3) is 0.692. The van der Waals surface area contributed by atoms with Gasteiger partial charge in [-0.15, -0.1) is 11.3 Å². The maximum Gasteiger partial charge on any atom is 0.271 e. The molecule has 3 N–H and O–H groups in total. The molecule has 1 atom stereocenters. The van der Waals surface area contributed by atoms with Crippen LogP contribution in [0.2, 0.25) is 0 Å². The van der Waals surface area contributed by atoms with Crippen LogP contribution >= 0.6 is 11.3 Å². The molecule has 1 aromatic rings. The Balaban J connectivity index is 1.80. The van der Waals surface area contributed by atoms with Crippen molar-refractivity contribution >= 4 is 17.2 Å². The van der Waals surface area contributed by atoms with Crippen molar-refractivity contribution in [2.75, 3.05) is 19.6 Å². The largest absolute Gasteiger partial charge is 0.347 e. The van der Waals surface area contributed by atoms with Crippen LogP contribution in [0.3, 0.4) is 0 Å². The van der Waals surface area contributed by atoms with Gasteiger partial charge in [0.05, 0.1) is 0 Å². The van der Waals surface area contributed by atoms with E-state index in [0.717, 1.165) is 24.6 Å². The third-order valence-corrected chi connectivity index (χ3v) is 4.19. The quantitative estimate of drug-likeness (QED) is 0.851. The number of hydrogen-bond acceptors (Lipinski definition) is 5. The van der Waals surface area contributed by atoms with Crippen LogP contribution in [-0.4, -0.2) is 41.5 Å². The summed E-state index contributed by atoms with van der Waals surface area (Å²) < 4.78 is 0. The Morgan fingerprint density at radius 3 is 2.89 bits per heavy atom. The molecule has 1 aromatic heterocycles. The van der Waals surface area contributed by atoms with Gasteiger partial charge in [0, 0.05) is 24.5 Å². The Bertz CT molecular complexity index is 415. The lowest BCUT2D eigenvalue weighted by Gasteiger charge is -2.29. The predicted octanol–water partition coefficient (Wildman–Crippen LogP) is 1.21. The van der Waals surface area contributed by atoms with Gasteiger partial charge in [-0.1, -0.05) is 6.42 Å². The van der Waals surface area contributed by atoms with Crippen LogP contribution in [0.4, 0.5) is 0 Å². The third-order valence-electron chi connectivity index (χ3n) is 3.32. The number of amides is 1. The molecule has 0 bridgehead atoms. The van der Waals surface area contributed by atoms with Crippen molar-refractivity contribution in [2.45, 2.75) is 38.8 Å². The van der Waals surface area contributed by atoms with Crippen LogP contribution in [0.5, 0.6) is 0 Å². The summed E-state index contributed by atoms with van der Waals surface area (Å²) in [5, 5.41) is 5.57. The Morgan fingerprint density at radius 1 is 1.53 bits per heavy atom. The number of hydrogen-bond donors (Lipinski definition) is 2. The first-order valence-electron chi connectivity index (χ1n) is 6.86. The maximum absolute atomic E-state index is 12.0. The number of nitrogens with zero attached hydrogens (tertiary/aromatic N) is 2. The van der Waals surface area contributed by atoms with Crippen LogP contribution in [0.1, 0.15) is 41.7 Å². The zero-order valence-electron chi connectivity index (χ0n) is 11.4. The van der Waals surface area contributed by atoms with Gasteiger partial charge < -0.3 is 16.0 Å². The minimum absolute atomic E-state index is 0.0968. The third kappa shape index (κ3) is 4.26. The number of aromatic nitrogens is 1. The lowest BCUT2D eigenvalue weighted by molar-refractivity contribution is 0.0921. The molecule has 1 unspecified atom stereocenters. The van der Waals surface area contributed by atoms with Gasteiger partial charge in [0.2, 0.25) is 0 Å². The summed E-state index contributed by atoms with van der Waals surface area (Å²) in [6.45, 7) is 5.64. The van der Waals surface area contributed by atoms with E-state index in [0.29, 0.717) is 12.2 Å². The highest BCUT2D eigenvalue weighted by molar-refractivity contribution is 7.09. The van der Waals surface area contributed by atoms with Crippen LogP contribution in [-0.2, 0) is 6.54 Å². The number of nitrogens with two attached hydrogens (primary N) is 1.